The number of amides is 2. The maximum absolute atomic E-state index is 12.9. The molecule has 2 aliphatic heterocycles. The molecule has 0 fully saturated rings. The van der Waals surface area contributed by atoms with Crippen LogP contribution in [0.15, 0.2) is 78.9 Å². The van der Waals surface area contributed by atoms with Crippen molar-refractivity contribution in [1.29, 1.82) is 0 Å². The van der Waals surface area contributed by atoms with Crippen molar-refractivity contribution in [2.75, 3.05) is 20.3 Å². The number of alkyl carbamates (subject to hydrolysis) is 1. The smallest absolute Gasteiger partial charge is 0.408 e. The van der Waals surface area contributed by atoms with Gasteiger partial charge in [0.1, 0.15) is 36.7 Å². The van der Waals surface area contributed by atoms with Crippen LogP contribution in [-0.4, -0.2) is 97.9 Å². The molecule has 2 aromatic carbocycles. The van der Waals surface area contributed by atoms with Crippen LogP contribution in [0.3, 0.4) is 0 Å². The molecular weight excluding hydrogens is 825 g/mol. The highest BCUT2D eigenvalue weighted by Crippen LogP contribution is 2.38. The van der Waals surface area contributed by atoms with Gasteiger partial charge in [0, 0.05) is 12.8 Å². The Balaban J connectivity index is 1.46. The minimum Gasteiger partial charge on any atom is -0.467 e. The Morgan fingerprint density at radius 3 is 1.90 bits per heavy atom. The van der Waals surface area contributed by atoms with E-state index in [2.05, 4.69) is 78.4 Å². The quantitative estimate of drug-likeness (QED) is 0.0794. The summed E-state index contributed by atoms with van der Waals surface area (Å²) >= 11 is 0. The van der Waals surface area contributed by atoms with Crippen LogP contribution in [0.2, 0.25) is 36.3 Å². The summed E-state index contributed by atoms with van der Waals surface area (Å²) in [5.74, 6) is 0.115. The van der Waals surface area contributed by atoms with Gasteiger partial charge in [0.25, 0.3) is 0 Å². The number of hydrogen-bond acceptors (Lipinski definition) is 11. The second-order valence-corrected chi connectivity index (χ2v) is 29.2. The first-order valence-corrected chi connectivity index (χ1v) is 27.5. The van der Waals surface area contributed by atoms with Gasteiger partial charge in [-0.15, -0.1) is 0 Å². The molecule has 0 saturated carbocycles. The van der Waals surface area contributed by atoms with Crippen molar-refractivity contribution in [2.24, 2.45) is 5.92 Å². The zero-order chi connectivity index (χ0) is 45.9. The molecule has 2 heterocycles. The summed E-state index contributed by atoms with van der Waals surface area (Å²) < 4.78 is 49.6. The lowest BCUT2D eigenvalue weighted by Crippen LogP contribution is -2.53. The van der Waals surface area contributed by atoms with Gasteiger partial charge in [-0.25, -0.2) is 9.59 Å². The third-order valence-electron chi connectivity index (χ3n) is 12.0. The summed E-state index contributed by atoms with van der Waals surface area (Å²) in [4.78, 5) is 38.1. The Labute approximate surface area is 371 Å². The van der Waals surface area contributed by atoms with Gasteiger partial charge in [-0.1, -0.05) is 110 Å². The van der Waals surface area contributed by atoms with Crippen molar-refractivity contribution in [3.63, 3.8) is 0 Å². The van der Waals surface area contributed by atoms with E-state index < -0.39 is 65.6 Å². The first kappa shape index (κ1) is 50.8. The van der Waals surface area contributed by atoms with Gasteiger partial charge in [0.15, 0.2) is 22.9 Å². The molecule has 344 valence electrons. The zero-order valence-electron chi connectivity index (χ0n) is 39.2. The Hall–Kier alpha value is -3.84. The Morgan fingerprint density at radius 1 is 0.742 bits per heavy atom. The largest absolute Gasteiger partial charge is 0.467 e. The van der Waals surface area contributed by atoms with Crippen LogP contribution in [-0.2, 0) is 55.2 Å². The molecule has 0 bridgehead atoms. The molecule has 2 aliphatic rings. The molecule has 4 rings (SSSR count). The maximum atomic E-state index is 12.9. The third-order valence-corrected chi connectivity index (χ3v) is 21.0. The summed E-state index contributed by atoms with van der Waals surface area (Å²) in [6.07, 6.45) is 4.29. The van der Waals surface area contributed by atoms with Gasteiger partial charge < -0.3 is 47.9 Å². The van der Waals surface area contributed by atoms with Crippen LogP contribution in [0.4, 0.5) is 4.79 Å². The predicted octanol–water partition coefficient (Wildman–Crippen LogP) is 8.60. The van der Waals surface area contributed by atoms with Gasteiger partial charge in [-0.2, -0.15) is 0 Å². The maximum Gasteiger partial charge on any atom is 0.408 e. The molecule has 7 atom stereocenters. The van der Waals surface area contributed by atoms with E-state index in [1.54, 1.807) is 18.2 Å². The van der Waals surface area contributed by atoms with Gasteiger partial charge in [0.05, 0.1) is 26.4 Å². The van der Waals surface area contributed by atoms with E-state index in [0.29, 0.717) is 18.8 Å². The number of methoxy groups -OCH3 is 1. The van der Waals surface area contributed by atoms with Gasteiger partial charge in [-0.05, 0) is 77.6 Å². The lowest BCUT2D eigenvalue weighted by Gasteiger charge is -2.41. The number of rotatable bonds is 19. The van der Waals surface area contributed by atoms with E-state index in [-0.39, 0.29) is 47.6 Å². The second kappa shape index (κ2) is 22.2. The predicted molar refractivity (Wildman–Crippen MR) is 244 cm³/mol. The Morgan fingerprint density at radius 2 is 1.32 bits per heavy atom. The molecule has 15 heteroatoms. The third kappa shape index (κ3) is 15.5. The van der Waals surface area contributed by atoms with Crippen LogP contribution in [0.1, 0.15) is 72.9 Å². The number of benzene rings is 2. The van der Waals surface area contributed by atoms with Crippen LogP contribution in [0.5, 0.6) is 5.75 Å². The Bertz CT molecular complexity index is 1810. The van der Waals surface area contributed by atoms with Crippen LogP contribution >= 0.6 is 0 Å². The standard InChI is InChI=1S/C47H72N2O11Si2/c1-32(2)27-41(50)48-36-23-25-43(59-39(36)30-55-61(10,11)46(3,4)5)58-38-24-26-42(60-40(38)31-56-62(12,13)47(6,7)8)57-35-21-19-33(20-22-35)28-37(44(51)53-9)49-45(52)54-29-34-17-15-14-16-18-34/h14-26,32,36-40,42-43H,27-31H2,1-13H3,(H,48,50)(H,49,52)/t36-,37+,38-,39+,40+,42-,43-/m0/s1. The highest BCUT2D eigenvalue weighted by molar-refractivity contribution is 6.74. The van der Waals surface area contributed by atoms with E-state index in [1.807, 2.05) is 74.5 Å². The van der Waals surface area contributed by atoms with E-state index in [1.165, 1.54) is 7.11 Å². The number of ether oxygens (including phenoxy) is 6. The molecule has 13 nitrogen and oxygen atoms in total. The fourth-order valence-electron chi connectivity index (χ4n) is 6.05. The molecule has 0 saturated heterocycles. The first-order valence-electron chi connectivity index (χ1n) is 21.7. The SMILES string of the molecule is COC(=O)[C@@H](Cc1ccc(O[C@@H]2C=C[C@H](O[C@@H]3C=C[C@H](NC(=O)CC(C)C)[C@@H](CO[Si](C)(C)C(C)(C)C)O3)[C@@H](CO[Si](C)(C)C(C)(C)C)O2)cc1)NC(=O)OCc1ccccc1. The second-order valence-electron chi connectivity index (χ2n) is 19.5. The summed E-state index contributed by atoms with van der Waals surface area (Å²) in [6, 6.07) is 15.1. The van der Waals surface area contributed by atoms with Gasteiger partial charge in [0.2, 0.25) is 12.2 Å². The molecule has 2 N–H and O–H groups in total. The van der Waals surface area contributed by atoms with Crippen molar-refractivity contribution in [3.8, 4) is 5.75 Å². The van der Waals surface area contributed by atoms with E-state index in [9.17, 15) is 14.4 Å². The van der Waals surface area contributed by atoms with Crippen molar-refractivity contribution >= 4 is 34.6 Å². The highest BCUT2D eigenvalue weighted by atomic mass is 28.4. The monoisotopic (exact) mass is 896 g/mol. The average molecular weight is 897 g/mol. The van der Waals surface area contributed by atoms with E-state index in [0.717, 1.165) is 11.1 Å². The van der Waals surface area contributed by atoms with Crippen LogP contribution in [0.25, 0.3) is 0 Å². The van der Waals surface area contributed by atoms with E-state index in [4.69, 9.17) is 37.3 Å². The summed E-state index contributed by atoms with van der Waals surface area (Å²) in [5, 5.41) is 5.73. The molecule has 0 unspecified atom stereocenters. The van der Waals surface area contributed by atoms with Crippen molar-refractivity contribution in [2.45, 2.75) is 154 Å². The molecule has 2 amide bonds. The molecule has 0 aliphatic carbocycles. The minimum atomic E-state index is -2.19. The number of hydrogen-bond donors (Lipinski definition) is 2. The van der Waals surface area contributed by atoms with E-state index >= 15 is 0 Å². The number of nitrogens with one attached hydrogen (secondary N) is 2. The van der Waals surface area contributed by atoms with Crippen molar-refractivity contribution in [3.05, 3.63) is 90.0 Å². The highest BCUT2D eigenvalue weighted by Gasteiger charge is 2.42. The topological polar surface area (TPSA) is 149 Å². The lowest BCUT2D eigenvalue weighted by molar-refractivity contribution is -0.218. The fourth-order valence-corrected chi connectivity index (χ4v) is 8.08. The number of esters is 1. The van der Waals surface area contributed by atoms with Crippen molar-refractivity contribution in [1.82, 2.24) is 10.6 Å². The molecule has 62 heavy (non-hydrogen) atoms. The molecule has 0 spiro atoms. The molecule has 0 aromatic heterocycles. The molecular formula is C47H72N2O11Si2. The summed E-state index contributed by atoms with van der Waals surface area (Å²) in [5.41, 5.74) is 1.59. The number of carbonyl (C=O) groups excluding carboxylic acids is 3. The first-order chi connectivity index (χ1) is 29.0. The molecule has 2 aromatic rings. The fraction of sp³-hybridized carbons (Fsp3) is 0.596. The van der Waals surface area contributed by atoms with Gasteiger partial charge in [-0.3, -0.25) is 4.79 Å². The van der Waals surface area contributed by atoms with Crippen LogP contribution < -0.4 is 15.4 Å². The van der Waals surface area contributed by atoms with Crippen LogP contribution in [0, 0.1) is 5.92 Å². The molecule has 0 radical (unpaired) electrons. The lowest BCUT2D eigenvalue weighted by atomic mass is 10.1. The summed E-state index contributed by atoms with van der Waals surface area (Å²) in [7, 11) is -3.05. The summed E-state index contributed by atoms with van der Waals surface area (Å²) in [6.45, 7) is 26.6. The zero-order valence-corrected chi connectivity index (χ0v) is 41.2. The number of carbonyl (C=O) groups is 3. The Kier molecular flexibility index (Phi) is 18.2. The average Bonchev–Trinajstić information content (AvgIpc) is 3.19. The minimum absolute atomic E-state index is 0.00263. The van der Waals surface area contributed by atoms with Crippen molar-refractivity contribution < 1.29 is 51.7 Å². The normalized spacial score (nSPS) is 22.5. The van der Waals surface area contributed by atoms with Gasteiger partial charge >= 0.3 is 12.1 Å².